The topological polar surface area (TPSA) is 55.6 Å². The molecule has 0 atom stereocenters. The Morgan fingerprint density at radius 3 is 2.33 bits per heavy atom. The second kappa shape index (κ2) is 4.98. The Labute approximate surface area is 108 Å². The van der Waals surface area contributed by atoms with Crippen LogP contribution in [0.4, 0.5) is 5.69 Å². The first-order valence-corrected chi connectivity index (χ1v) is 6.24. The molecule has 98 valence electrons. The lowest BCUT2D eigenvalue weighted by Crippen LogP contribution is -2.56. The Hall–Kier alpha value is -1.55. The van der Waals surface area contributed by atoms with Gasteiger partial charge >= 0.3 is 5.97 Å². The van der Waals surface area contributed by atoms with Crippen molar-refractivity contribution in [2.75, 3.05) is 25.1 Å². The van der Waals surface area contributed by atoms with Crippen molar-refractivity contribution in [2.24, 2.45) is 5.73 Å². The van der Waals surface area contributed by atoms with E-state index in [-0.39, 0.29) is 5.97 Å². The molecule has 1 aliphatic heterocycles. The predicted molar refractivity (Wildman–Crippen MR) is 71.6 cm³/mol. The number of methoxy groups -OCH3 is 1. The van der Waals surface area contributed by atoms with Gasteiger partial charge in [-0.15, -0.1) is 0 Å². The zero-order valence-corrected chi connectivity index (χ0v) is 11.0. The number of aryl methyl sites for hydroxylation is 1. The number of nitrogens with zero attached hydrogens (tertiary/aromatic N) is 1. The summed E-state index contributed by atoms with van der Waals surface area (Å²) in [5.74, 6) is -0.300. The molecule has 2 rings (SSSR count). The van der Waals surface area contributed by atoms with Crippen molar-refractivity contribution in [2.45, 2.75) is 25.3 Å². The molecular weight excluding hydrogens is 228 g/mol. The van der Waals surface area contributed by atoms with Gasteiger partial charge in [0.2, 0.25) is 0 Å². The van der Waals surface area contributed by atoms with Crippen molar-refractivity contribution in [3.8, 4) is 0 Å². The fourth-order valence-electron chi connectivity index (χ4n) is 2.33. The van der Waals surface area contributed by atoms with Crippen LogP contribution in [-0.4, -0.2) is 31.7 Å². The minimum absolute atomic E-state index is 0.300. The van der Waals surface area contributed by atoms with Gasteiger partial charge in [0.1, 0.15) is 5.54 Å². The van der Waals surface area contributed by atoms with Gasteiger partial charge in [0.15, 0.2) is 0 Å². The Kier molecular flexibility index (Phi) is 3.57. The number of nitrogens with two attached hydrogens (primary N) is 1. The van der Waals surface area contributed by atoms with Gasteiger partial charge in [-0.2, -0.15) is 0 Å². The number of anilines is 1. The molecule has 1 fully saturated rings. The van der Waals surface area contributed by atoms with Crippen molar-refractivity contribution >= 4 is 11.7 Å². The number of piperidine rings is 1. The largest absolute Gasteiger partial charge is 0.468 e. The smallest absolute Gasteiger partial charge is 0.325 e. The molecule has 0 saturated carbocycles. The van der Waals surface area contributed by atoms with E-state index < -0.39 is 5.54 Å². The second-order valence-corrected chi connectivity index (χ2v) is 4.97. The van der Waals surface area contributed by atoms with Crippen LogP contribution in [0.1, 0.15) is 18.4 Å². The first kappa shape index (κ1) is 12.9. The predicted octanol–water partition coefficient (Wildman–Crippen LogP) is 1.47. The summed E-state index contributed by atoms with van der Waals surface area (Å²) in [6.45, 7) is 3.64. The Morgan fingerprint density at radius 1 is 1.28 bits per heavy atom. The molecule has 4 nitrogen and oxygen atoms in total. The molecule has 0 unspecified atom stereocenters. The summed E-state index contributed by atoms with van der Waals surface area (Å²) >= 11 is 0. The number of carbonyl (C=O) groups is 1. The van der Waals surface area contributed by atoms with Gasteiger partial charge < -0.3 is 15.4 Å². The number of ether oxygens (including phenoxy) is 1. The van der Waals surface area contributed by atoms with Crippen molar-refractivity contribution in [3.63, 3.8) is 0 Å². The summed E-state index contributed by atoms with van der Waals surface area (Å²) in [5.41, 5.74) is 7.70. The van der Waals surface area contributed by atoms with Crippen LogP contribution in [0.3, 0.4) is 0 Å². The van der Waals surface area contributed by atoms with Crippen LogP contribution in [0.15, 0.2) is 24.3 Å². The quantitative estimate of drug-likeness (QED) is 0.805. The highest BCUT2D eigenvalue weighted by atomic mass is 16.5. The van der Waals surface area contributed by atoms with Crippen LogP contribution >= 0.6 is 0 Å². The van der Waals surface area contributed by atoms with Crippen LogP contribution in [0.5, 0.6) is 0 Å². The molecule has 2 N–H and O–H groups in total. The van der Waals surface area contributed by atoms with Crippen LogP contribution in [-0.2, 0) is 9.53 Å². The highest BCUT2D eigenvalue weighted by Crippen LogP contribution is 2.25. The number of hydrogen-bond acceptors (Lipinski definition) is 4. The van der Waals surface area contributed by atoms with Crippen molar-refractivity contribution in [1.29, 1.82) is 0 Å². The van der Waals surface area contributed by atoms with E-state index in [1.165, 1.54) is 18.4 Å². The summed E-state index contributed by atoms with van der Waals surface area (Å²) in [4.78, 5) is 13.9. The minimum Gasteiger partial charge on any atom is -0.468 e. The number of rotatable bonds is 2. The third-order valence-electron chi connectivity index (χ3n) is 3.65. The molecule has 18 heavy (non-hydrogen) atoms. The Morgan fingerprint density at radius 2 is 1.83 bits per heavy atom. The summed E-state index contributed by atoms with van der Waals surface area (Å²) in [6.07, 6.45) is 1.26. The van der Waals surface area contributed by atoms with E-state index in [0.717, 1.165) is 13.1 Å². The fourth-order valence-corrected chi connectivity index (χ4v) is 2.33. The van der Waals surface area contributed by atoms with Gasteiger partial charge in [-0.25, -0.2) is 0 Å². The van der Waals surface area contributed by atoms with Crippen molar-refractivity contribution in [3.05, 3.63) is 29.8 Å². The molecule has 0 radical (unpaired) electrons. The Bertz CT molecular complexity index is 420. The molecule has 0 amide bonds. The molecule has 0 aromatic heterocycles. The van der Waals surface area contributed by atoms with Gasteiger partial charge in [0.25, 0.3) is 0 Å². The first-order valence-electron chi connectivity index (χ1n) is 6.24. The SMILES string of the molecule is COC(=O)C1(N)CCN(c2ccc(C)cc2)CC1. The van der Waals surface area contributed by atoms with E-state index >= 15 is 0 Å². The van der Waals surface area contributed by atoms with Crippen LogP contribution in [0.2, 0.25) is 0 Å². The number of benzene rings is 1. The average molecular weight is 248 g/mol. The number of esters is 1. The molecule has 0 aliphatic carbocycles. The van der Waals surface area contributed by atoms with E-state index in [1.807, 2.05) is 0 Å². The summed E-state index contributed by atoms with van der Waals surface area (Å²) in [6, 6.07) is 8.41. The third kappa shape index (κ3) is 2.48. The average Bonchev–Trinajstić information content (AvgIpc) is 2.40. The van der Waals surface area contributed by atoms with Crippen LogP contribution in [0.25, 0.3) is 0 Å². The molecule has 1 heterocycles. The van der Waals surface area contributed by atoms with Crippen LogP contribution in [0, 0.1) is 6.92 Å². The lowest BCUT2D eigenvalue weighted by Gasteiger charge is -2.38. The molecule has 0 bridgehead atoms. The lowest BCUT2D eigenvalue weighted by molar-refractivity contribution is -0.147. The first-order chi connectivity index (χ1) is 8.55. The molecule has 1 aromatic rings. The zero-order valence-electron chi connectivity index (χ0n) is 11.0. The molecule has 0 spiro atoms. The van der Waals surface area contributed by atoms with E-state index in [1.54, 1.807) is 0 Å². The highest BCUT2D eigenvalue weighted by molar-refractivity contribution is 5.81. The molecule has 1 aliphatic rings. The number of carbonyl (C=O) groups excluding carboxylic acids is 1. The lowest BCUT2D eigenvalue weighted by atomic mass is 9.88. The van der Waals surface area contributed by atoms with E-state index in [0.29, 0.717) is 12.8 Å². The third-order valence-corrected chi connectivity index (χ3v) is 3.65. The maximum atomic E-state index is 11.6. The van der Waals surface area contributed by atoms with Crippen molar-refractivity contribution in [1.82, 2.24) is 0 Å². The molecule has 1 saturated heterocycles. The van der Waals surface area contributed by atoms with Gasteiger partial charge in [-0.05, 0) is 31.9 Å². The minimum atomic E-state index is -0.810. The van der Waals surface area contributed by atoms with Gasteiger partial charge in [0.05, 0.1) is 7.11 Å². The molecular formula is C14H20N2O2. The highest BCUT2D eigenvalue weighted by Gasteiger charge is 2.38. The van der Waals surface area contributed by atoms with Gasteiger partial charge in [-0.3, -0.25) is 4.79 Å². The van der Waals surface area contributed by atoms with Gasteiger partial charge in [-0.1, -0.05) is 17.7 Å². The van der Waals surface area contributed by atoms with E-state index in [4.69, 9.17) is 10.5 Å². The van der Waals surface area contributed by atoms with E-state index in [9.17, 15) is 4.79 Å². The summed E-state index contributed by atoms with van der Waals surface area (Å²) < 4.78 is 4.77. The second-order valence-electron chi connectivity index (χ2n) is 4.97. The standard InChI is InChI=1S/C14H20N2O2/c1-11-3-5-12(6-4-11)16-9-7-14(15,8-10-16)13(17)18-2/h3-6H,7-10,15H2,1-2H3. The molecule has 1 aromatic carbocycles. The normalized spacial score (nSPS) is 18.5. The van der Waals surface area contributed by atoms with Crippen molar-refractivity contribution < 1.29 is 9.53 Å². The summed E-state index contributed by atoms with van der Waals surface area (Å²) in [7, 11) is 1.39. The fraction of sp³-hybridized carbons (Fsp3) is 0.500. The number of hydrogen-bond donors (Lipinski definition) is 1. The maximum Gasteiger partial charge on any atom is 0.325 e. The van der Waals surface area contributed by atoms with Crippen LogP contribution < -0.4 is 10.6 Å². The summed E-state index contributed by atoms with van der Waals surface area (Å²) in [5, 5.41) is 0. The maximum absolute atomic E-state index is 11.6. The monoisotopic (exact) mass is 248 g/mol. The van der Waals surface area contributed by atoms with E-state index in [2.05, 4.69) is 36.1 Å². The van der Waals surface area contributed by atoms with Gasteiger partial charge in [0, 0.05) is 18.8 Å². The Balaban J connectivity index is 2.02. The molecule has 4 heteroatoms. The zero-order chi connectivity index (χ0) is 13.2.